The molecule has 1 aliphatic heterocycles. The minimum absolute atomic E-state index is 0. The van der Waals surface area contributed by atoms with Crippen molar-refractivity contribution < 1.29 is 13.6 Å². The Bertz CT molecular complexity index is 456. The van der Waals surface area contributed by atoms with Crippen LogP contribution < -0.4 is 10.6 Å². The first kappa shape index (κ1) is 15.9. The first-order valence-corrected chi connectivity index (χ1v) is 6.05. The molecule has 1 heterocycles. The second kappa shape index (κ2) is 6.82. The number of carbonyl (C=O) groups excluding carboxylic acids is 1. The van der Waals surface area contributed by atoms with Crippen LogP contribution in [0.15, 0.2) is 18.2 Å². The van der Waals surface area contributed by atoms with E-state index in [9.17, 15) is 13.6 Å². The Labute approximate surface area is 117 Å². The summed E-state index contributed by atoms with van der Waals surface area (Å²) >= 11 is 0. The second-order valence-electron chi connectivity index (χ2n) is 4.65. The fraction of sp³-hybridized carbons (Fsp3) is 0.462. The van der Waals surface area contributed by atoms with Crippen LogP contribution in [0.3, 0.4) is 0 Å². The number of nitrogens with one attached hydrogen (secondary N) is 2. The predicted molar refractivity (Wildman–Crippen MR) is 71.5 cm³/mol. The standard InChI is InChI=1S/C13H16F2N2O.ClH/c1-8-7-16-6-5-11(8)17-13(18)9-3-2-4-10(14)12(9)15;/h2-4,8,11,16H,5-7H2,1H3,(H,17,18);1H. The second-order valence-corrected chi connectivity index (χ2v) is 4.65. The maximum Gasteiger partial charge on any atom is 0.254 e. The fourth-order valence-electron chi connectivity index (χ4n) is 2.15. The number of halogens is 3. The summed E-state index contributed by atoms with van der Waals surface area (Å²) in [5.74, 6) is -2.36. The molecule has 1 aliphatic rings. The lowest BCUT2D eigenvalue weighted by Gasteiger charge is -2.30. The van der Waals surface area contributed by atoms with Crippen molar-refractivity contribution in [1.29, 1.82) is 0 Å². The molecule has 1 aromatic rings. The molecule has 2 N–H and O–H groups in total. The van der Waals surface area contributed by atoms with E-state index in [2.05, 4.69) is 10.6 Å². The molecule has 3 nitrogen and oxygen atoms in total. The summed E-state index contributed by atoms with van der Waals surface area (Å²) in [4.78, 5) is 11.9. The normalized spacial score (nSPS) is 22.5. The Hall–Kier alpha value is -1.20. The van der Waals surface area contributed by atoms with Crippen molar-refractivity contribution in [2.24, 2.45) is 5.92 Å². The number of hydrogen-bond donors (Lipinski definition) is 2. The molecule has 0 radical (unpaired) electrons. The summed E-state index contributed by atoms with van der Waals surface area (Å²) in [6.07, 6.45) is 0.795. The molecule has 19 heavy (non-hydrogen) atoms. The quantitative estimate of drug-likeness (QED) is 0.876. The van der Waals surface area contributed by atoms with Gasteiger partial charge < -0.3 is 10.6 Å². The van der Waals surface area contributed by atoms with Crippen LogP contribution in [0.2, 0.25) is 0 Å². The molecule has 0 spiro atoms. The van der Waals surface area contributed by atoms with E-state index in [0.717, 1.165) is 25.6 Å². The van der Waals surface area contributed by atoms with Crippen molar-refractivity contribution in [2.75, 3.05) is 13.1 Å². The van der Waals surface area contributed by atoms with Crippen LogP contribution in [0.1, 0.15) is 23.7 Å². The molecule has 1 aromatic carbocycles. The Kier molecular flexibility index (Phi) is 5.69. The number of carbonyl (C=O) groups is 1. The minimum Gasteiger partial charge on any atom is -0.349 e. The van der Waals surface area contributed by atoms with Gasteiger partial charge in [0, 0.05) is 6.04 Å². The molecule has 0 aliphatic carbocycles. The number of benzene rings is 1. The van der Waals surface area contributed by atoms with Crippen LogP contribution in [-0.4, -0.2) is 25.0 Å². The monoisotopic (exact) mass is 290 g/mol. The van der Waals surface area contributed by atoms with E-state index >= 15 is 0 Å². The minimum atomic E-state index is -1.09. The topological polar surface area (TPSA) is 41.1 Å². The number of hydrogen-bond acceptors (Lipinski definition) is 2. The van der Waals surface area contributed by atoms with E-state index in [4.69, 9.17) is 0 Å². The summed E-state index contributed by atoms with van der Waals surface area (Å²) in [6, 6.07) is 3.62. The number of rotatable bonds is 2. The maximum absolute atomic E-state index is 13.5. The molecule has 1 saturated heterocycles. The van der Waals surface area contributed by atoms with Crippen molar-refractivity contribution in [1.82, 2.24) is 10.6 Å². The zero-order valence-corrected chi connectivity index (χ0v) is 11.4. The highest BCUT2D eigenvalue weighted by atomic mass is 35.5. The molecule has 2 rings (SSSR count). The molecule has 0 saturated carbocycles. The van der Waals surface area contributed by atoms with Gasteiger partial charge in [-0.1, -0.05) is 13.0 Å². The summed E-state index contributed by atoms with van der Waals surface area (Å²) in [5.41, 5.74) is -0.235. The first-order chi connectivity index (χ1) is 8.59. The molecule has 106 valence electrons. The lowest BCUT2D eigenvalue weighted by Crippen LogP contribution is -2.48. The smallest absolute Gasteiger partial charge is 0.254 e. The van der Waals surface area contributed by atoms with Gasteiger partial charge in [-0.05, 0) is 37.6 Å². The van der Waals surface area contributed by atoms with E-state index in [1.165, 1.54) is 12.1 Å². The Balaban J connectivity index is 0.00000180. The van der Waals surface area contributed by atoms with Crippen LogP contribution in [0, 0.1) is 17.6 Å². The predicted octanol–water partition coefficient (Wildman–Crippen LogP) is 2.11. The molecular formula is C13H17ClF2N2O. The van der Waals surface area contributed by atoms with E-state index < -0.39 is 17.5 Å². The van der Waals surface area contributed by atoms with Gasteiger partial charge in [0.2, 0.25) is 0 Å². The zero-order chi connectivity index (χ0) is 13.1. The van der Waals surface area contributed by atoms with E-state index in [0.29, 0.717) is 0 Å². The van der Waals surface area contributed by atoms with Gasteiger partial charge >= 0.3 is 0 Å². The molecule has 2 unspecified atom stereocenters. The van der Waals surface area contributed by atoms with E-state index in [1.54, 1.807) is 0 Å². The molecule has 1 fully saturated rings. The third-order valence-electron chi connectivity index (χ3n) is 3.30. The largest absolute Gasteiger partial charge is 0.349 e. The third-order valence-corrected chi connectivity index (χ3v) is 3.30. The van der Waals surface area contributed by atoms with Crippen LogP contribution in [-0.2, 0) is 0 Å². The third kappa shape index (κ3) is 3.64. The lowest BCUT2D eigenvalue weighted by atomic mass is 9.95. The summed E-state index contributed by atoms with van der Waals surface area (Å²) < 4.78 is 26.5. The van der Waals surface area contributed by atoms with Gasteiger partial charge in [-0.25, -0.2) is 8.78 Å². The van der Waals surface area contributed by atoms with Gasteiger partial charge in [-0.15, -0.1) is 12.4 Å². The van der Waals surface area contributed by atoms with Crippen molar-refractivity contribution in [3.8, 4) is 0 Å². The van der Waals surface area contributed by atoms with Crippen LogP contribution >= 0.6 is 12.4 Å². The highest BCUT2D eigenvalue weighted by Crippen LogP contribution is 2.14. The van der Waals surface area contributed by atoms with Gasteiger partial charge in [-0.2, -0.15) is 0 Å². The van der Waals surface area contributed by atoms with Gasteiger partial charge in [0.25, 0.3) is 5.91 Å². The highest BCUT2D eigenvalue weighted by Gasteiger charge is 2.24. The average Bonchev–Trinajstić information content (AvgIpc) is 2.35. The molecule has 6 heteroatoms. The van der Waals surface area contributed by atoms with Crippen molar-refractivity contribution in [3.63, 3.8) is 0 Å². The van der Waals surface area contributed by atoms with Gasteiger partial charge in [0.05, 0.1) is 5.56 Å². The molecule has 1 amide bonds. The zero-order valence-electron chi connectivity index (χ0n) is 10.6. The molecule has 2 atom stereocenters. The summed E-state index contributed by atoms with van der Waals surface area (Å²) in [5, 5.41) is 5.98. The SMILES string of the molecule is CC1CNCCC1NC(=O)c1cccc(F)c1F.Cl. The lowest BCUT2D eigenvalue weighted by molar-refractivity contribution is 0.0909. The Morgan fingerprint density at radius 1 is 1.42 bits per heavy atom. The molecular weight excluding hydrogens is 274 g/mol. The van der Waals surface area contributed by atoms with E-state index in [1.807, 2.05) is 6.92 Å². The Morgan fingerprint density at radius 3 is 2.84 bits per heavy atom. The molecule has 0 aromatic heterocycles. The Morgan fingerprint density at radius 2 is 2.16 bits per heavy atom. The summed E-state index contributed by atoms with van der Waals surface area (Å²) in [7, 11) is 0. The van der Waals surface area contributed by atoms with Gasteiger partial charge in [-0.3, -0.25) is 4.79 Å². The molecule has 0 bridgehead atoms. The van der Waals surface area contributed by atoms with Crippen LogP contribution in [0.5, 0.6) is 0 Å². The number of amides is 1. The van der Waals surface area contributed by atoms with Crippen molar-refractivity contribution >= 4 is 18.3 Å². The van der Waals surface area contributed by atoms with Crippen molar-refractivity contribution in [3.05, 3.63) is 35.4 Å². The van der Waals surface area contributed by atoms with Gasteiger partial charge in [0.1, 0.15) is 0 Å². The van der Waals surface area contributed by atoms with Crippen LogP contribution in [0.25, 0.3) is 0 Å². The average molecular weight is 291 g/mol. The summed E-state index contributed by atoms with van der Waals surface area (Å²) in [6.45, 7) is 3.65. The van der Waals surface area contributed by atoms with E-state index in [-0.39, 0.29) is 29.9 Å². The van der Waals surface area contributed by atoms with Crippen molar-refractivity contribution in [2.45, 2.75) is 19.4 Å². The highest BCUT2D eigenvalue weighted by molar-refractivity contribution is 5.94. The fourth-order valence-corrected chi connectivity index (χ4v) is 2.15. The van der Waals surface area contributed by atoms with Gasteiger partial charge in [0.15, 0.2) is 11.6 Å². The first-order valence-electron chi connectivity index (χ1n) is 6.05. The van der Waals surface area contributed by atoms with Crippen LogP contribution in [0.4, 0.5) is 8.78 Å². The maximum atomic E-state index is 13.5. The number of piperidine rings is 1.